The highest BCUT2D eigenvalue weighted by Crippen LogP contribution is 2.30. The van der Waals surface area contributed by atoms with E-state index in [2.05, 4.69) is 29.8 Å². The van der Waals surface area contributed by atoms with Crippen molar-refractivity contribution in [3.8, 4) is 0 Å². The predicted molar refractivity (Wildman–Crippen MR) is 65.3 cm³/mol. The van der Waals surface area contributed by atoms with E-state index in [4.69, 9.17) is 5.73 Å². The van der Waals surface area contributed by atoms with Crippen LogP contribution in [0.3, 0.4) is 0 Å². The minimum absolute atomic E-state index is 0.0519. The fourth-order valence-electron chi connectivity index (χ4n) is 1.49. The molecule has 1 rings (SSSR count). The Morgan fingerprint density at radius 1 is 1.47 bits per heavy atom. The molecule has 0 amide bonds. The Kier molecular flexibility index (Phi) is 4.29. The Hall–Kier alpha value is -0.410. The van der Waals surface area contributed by atoms with E-state index in [0.29, 0.717) is 11.0 Å². The number of rotatable bonds is 4. The van der Waals surface area contributed by atoms with Crippen LogP contribution in [0.4, 0.5) is 4.39 Å². The molecule has 1 unspecified atom stereocenters. The molecule has 0 aliphatic rings. The van der Waals surface area contributed by atoms with Gasteiger partial charge in [-0.2, -0.15) is 0 Å². The third-order valence-electron chi connectivity index (χ3n) is 3.00. The predicted octanol–water partition coefficient (Wildman–Crippen LogP) is 3.51. The highest BCUT2D eigenvalue weighted by molar-refractivity contribution is 9.10. The first-order valence-corrected chi connectivity index (χ1v) is 5.94. The lowest BCUT2D eigenvalue weighted by atomic mass is 9.81. The van der Waals surface area contributed by atoms with Gasteiger partial charge < -0.3 is 5.73 Å². The highest BCUT2D eigenvalue weighted by Gasteiger charge is 2.22. The average Bonchev–Trinajstić information content (AvgIpc) is 2.25. The van der Waals surface area contributed by atoms with Gasteiger partial charge in [-0.3, -0.25) is 0 Å². The van der Waals surface area contributed by atoms with Crippen LogP contribution in [-0.2, 0) is 6.42 Å². The standard InChI is InChI=1S/C12H17BrFN/c1-3-12(2,8-15)7-9-5-4-6-10(14)11(9)13/h4-6H,3,7-8,15H2,1-2H3. The number of hydrogen-bond donors (Lipinski definition) is 1. The van der Waals surface area contributed by atoms with Gasteiger partial charge in [-0.1, -0.05) is 26.0 Å². The van der Waals surface area contributed by atoms with Crippen molar-refractivity contribution in [1.29, 1.82) is 0 Å². The van der Waals surface area contributed by atoms with Gasteiger partial charge >= 0.3 is 0 Å². The van der Waals surface area contributed by atoms with Crippen molar-refractivity contribution >= 4 is 15.9 Å². The molecule has 0 radical (unpaired) electrons. The van der Waals surface area contributed by atoms with E-state index in [0.717, 1.165) is 18.4 Å². The summed E-state index contributed by atoms with van der Waals surface area (Å²) in [5.41, 5.74) is 6.79. The minimum Gasteiger partial charge on any atom is -0.330 e. The SMILES string of the molecule is CCC(C)(CN)Cc1cccc(F)c1Br. The summed E-state index contributed by atoms with van der Waals surface area (Å²) in [6, 6.07) is 5.14. The minimum atomic E-state index is -0.206. The molecule has 2 N–H and O–H groups in total. The van der Waals surface area contributed by atoms with E-state index in [9.17, 15) is 4.39 Å². The van der Waals surface area contributed by atoms with Crippen LogP contribution in [0.5, 0.6) is 0 Å². The topological polar surface area (TPSA) is 26.0 Å². The van der Waals surface area contributed by atoms with Crippen LogP contribution in [-0.4, -0.2) is 6.54 Å². The van der Waals surface area contributed by atoms with Crippen LogP contribution < -0.4 is 5.73 Å². The van der Waals surface area contributed by atoms with Crippen molar-refractivity contribution in [2.75, 3.05) is 6.54 Å². The molecule has 0 aliphatic heterocycles. The number of nitrogens with two attached hydrogens (primary N) is 1. The second-order valence-electron chi connectivity index (χ2n) is 4.26. The van der Waals surface area contributed by atoms with Gasteiger partial charge in [0.2, 0.25) is 0 Å². The third kappa shape index (κ3) is 3.02. The molecule has 0 aromatic heterocycles. The first-order chi connectivity index (χ1) is 7.02. The molecule has 0 aliphatic carbocycles. The first-order valence-electron chi connectivity index (χ1n) is 5.15. The summed E-state index contributed by atoms with van der Waals surface area (Å²) in [4.78, 5) is 0. The molecular formula is C12H17BrFN. The Labute approximate surface area is 99.0 Å². The summed E-state index contributed by atoms with van der Waals surface area (Å²) in [6.45, 7) is 4.86. The largest absolute Gasteiger partial charge is 0.330 e. The van der Waals surface area contributed by atoms with Gasteiger partial charge in [-0.05, 0) is 52.4 Å². The summed E-state index contributed by atoms with van der Waals surface area (Å²) in [5.74, 6) is -0.206. The highest BCUT2D eigenvalue weighted by atomic mass is 79.9. The zero-order valence-corrected chi connectivity index (χ0v) is 10.8. The van der Waals surface area contributed by atoms with Crippen LogP contribution >= 0.6 is 15.9 Å². The molecule has 15 heavy (non-hydrogen) atoms. The quantitative estimate of drug-likeness (QED) is 0.893. The molecule has 1 aromatic carbocycles. The van der Waals surface area contributed by atoms with Gasteiger partial charge in [0.25, 0.3) is 0 Å². The van der Waals surface area contributed by atoms with E-state index in [1.165, 1.54) is 6.07 Å². The van der Waals surface area contributed by atoms with Crippen LogP contribution in [0, 0.1) is 11.2 Å². The Bertz CT molecular complexity index is 334. The normalized spacial score (nSPS) is 15.0. The summed E-state index contributed by atoms with van der Waals surface area (Å²) in [5, 5.41) is 0. The van der Waals surface area contributed by atoms with Crippen LogP contribution in [0.1, 0.15) is 25.8 Å². The lowest BCUT2D eigenvalue weighted by molar-refractivity contribution is 0.319. The average molecular weight is 274 g/mol. The summed E-state index contributed by atoms with van der Waals surface area (Å²) in [6.07, 6.45) is 1.80. The Morgan fingerprint density at radius 2 is 2.13 bits per heavy atom. The Morgan fingerprint density at radius 3 is 2.67 bits per heavy atom. The van der Waals surface area contributed by atoms with E-state index in [1.54, 1.807) is 6.07 Å². The maximum absolute atomic E-state index is 13.3. The fraction of sp³-hybridized carbons (Fsp3) is 0.500. The molecule has 84 valence electrons. The van der Waals surface area contributed by atoms with Gasteiger partial charge in [-0.25, -0.2) is 4.39 Å². The molecule has 0 fully saturated rings. The van der Waals surface area contributed by atoms with Gasteiger partial charge in [0.15, 0.2) is 0 Å². The second-order valence-corrected chi connectivity index (χ2v) is 5.05. The van der Waals surface area contributed by atoms with Gasteiger partial charge in [0.05, 0.1) is 4.47 Å². The molecule has 1 aromatic rings. The smallest absolute Gasteiger partial charge is 0.137 e. The third-order valence-corrected chi connectivity index (χ3v) is 3.88. The van der Waals surface area contributed by atoms with E-state index >= 15 is 0 Å². The van der Waals surface area contributed by atoms with Crippen LogP contribution in [0.25, 0.3) is 0 Å². The Balaban J connectivity index is 2.94. The molecule has 0 saturated heterocycles. The van der Waals surface area contributed by atoms with Crippen LogP contribution in [0.15, 0.2) is 22.7 Å². The number of halogens is 2. The summed E-state index contributed by atoms with van der Waals surface area (Å²) in [7, 11) is 0. The van der Waals surface area contributed by atoms with E-state index in [-0.39, 0.29) is 11.2 Å². The molecule has 0 heterocycles. The molecule has 0 saturated carbocycles. The van der Waals surface area contributed by atoms with Crippen molar-refractivity contribution in [2.45, 2.75) is 26.7 Å². The summed E-state index contributed by atoms with van der Waals surface area (Å²) >= 11 is 3.28. The van der Waals surface area contributed by atoms with Crippen molar-refractivity contribution < 1.29 is 4.39 Å². The summed E-state index contributed by atoms with van der Waals surface area (Å²) < 4.78 is 13.9. The molecular weight excluding hydrogens is 257 g/mol. The van der Waals surface area contributed by atoms with Crippen molar-refractivity contribution in [1.82, 2.24) is 0 Å². The molecule has 1 nitrogen and oxygen atoms in total. The molecule has 1 atom stereocenters. The van der Waals surface area contributed by atoms with Gasteiger partial charge in [0.1, 0.15) is 5.82 Å². The maximum atomic E-state index is 13.3. The van der Waals surface area contributed by atoms with E-state index in [1.807, 2.05) is 6.07 Å². The van der Waals surface area contributed by atoms with Crippen molar-refractivity contribution in [3.63, 3.8) is 0 Å². The lowest BCUT2D eigenvalue weighted by Crippen LogP contribution is -2.28. The second kappa shape index (κ2) is 5.08. The van der Waals surface area contributed by atoms with Gasteiger partial charge in [0, 0.05) is 0 Å². The van der Waals surface area contributed by atoms with Gasteiger partial charge in [-0.15, -0.1) is 0 Å². The molecule has 3 heteroatoms. The molecule has 0 spiro atoms. The zero-order chi connectivity index (χ0) is 11.5. The first kappa shape index (κ1) is 12.7. The maximum Gasteiger partial charge on any atom is 0.137 e. The number of hydrogen-bond acceptors (Lipinski definition) is 1. The molecule has 0 bridgehead atoms. The fourth-order valence-corrected chi connectivity index (χ4v) is 1.89. The van der Waals surface area contributed by atoms with E-state index < -0.39 is 0 Å². The lowest BCUT2D eigenvalue weighted by Gasteiger charge is -2.26. The van der Waals surface area contributed by atoms with Crippen LogP contribution in [0.2, 0.25) is 0 Å². The van der Waals surface area contributed by atoms with Crippen molar-refractivity contribution in [2.24, 2.45) is 11.1 Å². The zero-order valence-electron chi connectivity index (χ0n) is 9.19. The monoisotopic (exact) mass is 273 g/mol. The number of benzene rings is 1. The van der Waals surface area contributed by atoms with Crippen molar-refractivity contribution in [3.05, 3.63) is 34.1 Å².